The quantitative estimate of drug-likeness (QED) is 0.420. The Hall–Kier alpha value is -3.14. The van der Waals surface area contributed by atoms with E-state index in [0.29, 0.717) is 16.9 Å². The molecule has 0 atom stereocenters. The number of hydrogen-bond acceptors (Lipinski definition) is 3. The van der Waals surface area contributed by atoms with Gasteiger partial charge in [-0.25, -0.2) is 4.79 Å². The van der Waals surface area contributed by atoms with Crippen LogP contribution in [0.5, 0.6) is 5.75 Å². The van der Waals surface area contributed by atoms with Crippen molar-refractivity contribution in [2.45, 2.75) is 0 Å². The molecule has 3 rings (SSSR count). The molecule has 0 amide bonds. The third-order valence-electron chi connectivity index (χ3n) is 3.23. The van der Waals surface area contributed by atoms with Gasteiger partial charge in [0.15, 0.2) is 0 Å². The van der Waals surface area contributed by atoms with Crippen molar-refractivity contribution in [1.29, 1.82) is 0 Å². The van der Waals surface area contributed by atoms with Crippen LogP contribution < -0.4 is 4.74 Å². The summed E-state index contributed by atoms with van der Waals surface area (Å²) < 4.78 is 7.22. The van der Waals surface area contributed by atoms with Gasteiger partial charge in [-0.05, 0) is 60.7 Å². The van der Waals surface area contributed by atoms with Gasteiger partial charge in [-0.15, -0.1) is 0 Å². The fraction of sp³-hybridized carbons (Fsp3) is 0. The van der Waals surface area contributed by atoms with Crippen LogP contribution in [0.2, 0.25) is 0 Å². The number of aromatic nitrogens is 1. The first kappa shape index (κ1) is 13.8. The molecular formula is C18H13NO3. The number of hydrogen-bond donors (Lipinski definition) is 0. The van der Waals surface area contributed by atoms with Gasteiger partial charge >= 0.3 is 5.97 Å². The van der Waals surface area contributed by atoms with Crippen molar-refractivity contribution in [3.8, 4) is 11.4 Å². The summed E-state index contributed by atoms with van der Waals surface area (Å²) in [6.07, 6.45) is 4.61. The van der Waals surface area contributed by atoms with Crippen molar-refractivity contribution in [2.24, 2.45) is 0 Å². The molecule has 0 aliphatic heterocycles. The topological polar surface area (TPSA) is 48.3 Å². The molecule has 1 heterocycles. The maximum atomic E-state index is 12.1. The molecule has 0 radical (unpaired) electrons. The van der Waals surface area contributed by atoms with Gasteiger partial charge in [0, 0.05) is 23.6 Å². The lowest BCUT2D eigenvalue weighted by Crippen LogP contribution is -2.08. The predicted octanol–water partition coefficient (Wildman–Crippen LogP) is 3.51. The molecule has 0 aliphatic carbocycles. The number of aldehydes is 1. The minimum Gasteiger partial charge on any atom is -0.423 e. The fourth-order valence-electron chi connectivity index (χ4n) is 2.06. The summed E-state index contributed by atoms with van der Waals surface area (Å²) in [4.78, 5) is 22.6. The summed E-state index contributed by atoms with van der Waals surface area (Å²) in [5.74, 6) is -0.0250. The zero-order chi connectivity index (χ0) is 15.4. The predicted molar refractivity (Wildman–Crippen MR) is 82.6 cm³/mol. The van der Waals surface area contributed by atoms with Crippen LogP contribution in [0.15, 0.2) is 73.1 Å². The largest absolute Gasteiger partial charge is 0.423 e. The summed E-state index contributed by atoms with van der Waals surface area (Å²) in [6, 6.07) is 17.4. The molecule has 0 bridgehead atoms. The van der Waals surface area contributed by atoms with E-state index in [4.69, 9.17) is 4.74 Å². The number of rotatable bonds is 4. The Labute approximate surface area is 127 Å². The lowest BCUT2D eigenvalue weighted by molar-refractivity contribution is 0.0734. The number of carbonyl (C=O) groups excluding carboxylic acids is 2. The van der Waals surface area contributed by atoms with Crippen LogP contribution in [0.3, 0.4) is 0 Å². The van der Waals surface area contributed by atoms with Crippen molar-refractivity contribution in [2.75, 3.05) is 0 Å². The van der Waals surface area contributed by atoms with Gasteiger partial charge in [-0.3, -0.25) is 4.79 Å². The lowest BCUT2D eigenvalue weighted by atomic mass is 10.2. The number of ether oxygens (including phenoxy) is 1. The maximum Gasteiger partial charge on any atom is 0.343 e. The summed E-state index contributed by atoms with van der Waals surface area (Å²) in [6.45, 7) is 0. The average molecular weight is 291 g/mol. The monoisotopic (exact) mass is 291 g/mol. The lowest BCUT2D eigenvalue weighted by Gasteiger charge is -2.06. The second-order valence-corrected chi connectivity index (χ2v) is 4.71. The molecule has 0 saturated heterocycles. The standard InChI is InChI=1S/C18H13NO3/c20-13-14-3-9-17(10-4-14)22-18(21)15-5-7-16(8-6-15)19-11-1-2-12-19/h1-13H. The summed E-state index contributed by atoms with van der Waals surface area (Å²) >= 11 is 0. The second-order valence-electron chi connectivity index (χ2n) is 4.71. The summed E-state index contributed by atoms with van der Waals surface area (Å²) in [5.41, 5.74) is 1.98. The number of esters is 1. The SMILES string of the molecule is O=Cc1ccc(OC(=O)c2ccc(-n3cccc3)cc2)cc1. The maximum absolute atomic E-state index is 12.1. The van der Waals surface area contributed by atoms with E-state index in [2.05, 4.69) is 0 Å². The molecular weight excluding hydrogens is 278 g/mol. The van der Waals surface area contributed by atoms with Crippen molar-refractivity contribution < 1.29 is 14.3 Å². The molecule has 1 aromatic heterocycles. The number of nitrogens with zero attached hydrogens (tertiary/aromatic N) is 1. The van der Waals surface area contributed by atoms with Crippen molar-refractivity contribution in [1.82, 2.24) is 4.57 Å². The molecule has 4 nitrogen and oxygen atoms in total. The molecule has 4 heteroatoms. The van der Waals surface area contributed by atoms with E-state index in [-0.39, 0.29) is 0 Å². The normalized spacial score (nSPS) is 10.2. The average Bonchev–Trinajstić information content (AvgIpc) is 3.10. The minimum atomic E-state index is -0.432. The smallest absolute Gasteiger partial charge is 0.343 e. The first-order chi connectivity index (χ1) is 10.8. The molecule has 2 aromatic carbocycles. The van der Waals surface area contributed by atoms with Crippen molar-refractivity contribution >= 4 is 12.3 Å². The van der Waals surface area contributed by atoms with E-state index in [1.165, 1.54) is 0 Å². The van der Waals surface area contributed by atoms with Gasteiger partial charge in [-0.2, -0.15) is 0 Å². The van der Waals surface area contributed by atoms with Crippen molar-refractivity contribution in [3.05, 3.63) is 84.2 Å². The molecule has 0 aliphatic rings. The first-order valence-corrected chi connectivity index (χ1v) is 6.77. The third-order valence-corrected chi connectivity index (χ3v) is 3.23. The van der Waals surface area contributed by atoms with Crippen LogP contribution in [0.4, 0.5) is 0 Å². The molecule has 0 fully saturated rings. The third kappa shape index (κ3) is 2.96. The molecule has 108 valence electrons. The molecule has 0 N–H and O–H groups in total. The molecule has 0 spiro atoms. The van der Waals surface area contributed by atoms with E-state index < -0.39 is 5.97 Å². The van der Waals surface area contributed by atoms with Crippen LogP contribution in [0, 0.1) is 0 Å². The fourth-order valence-corrected chi connectivity index (χ4v) is 2.06. The van der Waals surface area contributed by atoms with Gasteiger partial charge in [0.2, 0.25) is 0 Å². The van der Waals surface area contributed by atoms with E-state index in [9.17, 15) is 9.59 Å². The Morgan fingerprint density at radius 1 is 0.909 bits per heavy atom. The van der Waals surface area contributed by atoms with Crippen LogP contribution in [-0.4, -0.2) is 16.8 Å². The van der Waals surface area contributed by atoms with Crippen LogP contribution in [0.25, 0.3) is 5.69 Å². The highest BCUT2D eigenvalue weighted by Gasteiger charge is 2.08. The Kier molecular flexibility index (Phi) is 3.83. The van der Waals surface area contributed by atoms with Crippen LogP contribution in [-0.2, 0) is 0 Å². The van der Waals surface area contributed by atoms with E-state index in [0.717, 1.165) is 12.0 Å². The van der Waals surface area contributed by atoms with Crippen molar-refractivity contribution in [3.63, 3.8) is 0 Å². The first-order valence-electron chi connectivity index (χ1n) is 6.77. The van der Waals surface area contributed by atoms with Crippen LogP contribution in [0.1, 0.15) is 20.7 Å². The van der Waals surface area contributed by atoms with E-state index >= 15 is 0 Å². The summed E-state index contributed by atoms with van der Waals surface area (Å²) in [5, 5.41) is 0. The second kappa shape index (κ2) is 6.10. The number of carbonyl (C=O) groups is 2. The van der Waals surface area contributed by atoms with Gasteiger partial charge in [0.25, 0.3) is 0 Å². The zero-order valence-electron chi connectivity index (χ0n) is 11.7. The zero-order valence-corrected chi connectivity index (χ0v) is 11.7. The van der Waals surface area contributed by atoms with Gasteiger partial charge < -0.3 is 9.30 Å². The minimum absolute atomic E-state index is 0.407. The highest BCUT2D eigenvalue weighted by Crippen LogP contribution is 2.15. The highest BCUT2D eigenvalue weighted by molar-refractivity contribution is 5.91. The Morgan fingerprint density at radius 2 is 1.55 bits per heavy atom. The Morgan fingerprint density at radius 3 is 2.14 bits per heavy atom. The Bertz CT molecular complexity index is 772. The summed E-state index contributed by atoms with van der Waals surface area (Å²) in [7, 11) is 0. The number of benzene rings is 2. The molecule has 22 heavy (non-hydrogen) atoms. The molecule has 0 unspecified atom stereocenters. The van der Waals surface area contributed by atoms with Crippen LogP contribution >= 0.6 is 0 Å². The van der Waals surface area contributed by atoms with Gasteiger partial charge in [-0.1, -0.05) is 0 Å². The van der Waals surface area contributed by atoms with E-state index in [1.807, 2.05) is 41.2 Å². The van der Waals surface area contributed by atoms with Gasteiger partial charge in [0.1, 0.15) is 12.0 Å². The van der Waals surface area contributed by atoms with Gasteiger partial charge in [0.05, 0.1) is 5.56 Å². The molecule has 3 aromatic rings. The van der Waals surface area contributed by atoms with E-state index in [1.54, 1.807) is 36.4 Å². The molecule has 0 saturated carbocycles. The Balaban J connectivity index is 1.73. The highest BCUT2D eigenvalue weighted by atomic mass is 16.5.